The van der Waals surface area contributed by atoms with Crippen LogP contribution in [-0.2, 0) is 13.2 Å². The third-order valence-electron chi connectivity index (χ3n) is 3.37. The zero-order chi connectivity index (χ0) is 14.7. The molecule has 1 N–H and O–H groups in total. The highest BCUT2D eigenvalue weighted by Gasteiger charge is 2.21. The first-order valence-corrected chi connectivity index (χ1v) is 7.81. The van der Waals surface area contributed by atoms with E-state index in [4.69, 9.17) is 4.74 Å². The van der Waals surface area contributed by atoms with Gasteiger partial charge in [0.2, 0.25) is 0 Å². The zero-order valence-corrected chi connectivity index (χ0v) is 12.3. The maximum Gasteiger partial charge on any atom is 0.310 e. The van der Waals surface area contributed by atoms with Gasteiger partial charge >= 0.3 is 5.69 Å². The Balaban J connectivity index is 1.72. The Morgan fingerprint density at radius 1 is 1.33 bits per heavy atom. The predicted molar refractivity (Wildman–Crippen MR) is 81.6 cm³/mol. The highest BCUT2D eigenvalue weighted by molar-refractivity contribution is 7.07. The molecule has 1 fully saturated rings. The quantitative estimate of drug-likeness (QED) is 0.628. The van der Waals surface area contributed by atoms with Gasteiger partial charge in [-0.3, -0.25) is 10.1 Å². The van der Waals surface area contributed by atoms with Gasteiger partial charge in [-0.05, 0) is 46.9 Å². The van der Waals surface area contributed by atoms with Crippen molar-refractivity contribution in [3.05, 3.63) is 56.3 Å². The van der Waals surface area contributed by atoms with Crippen LogP contribution in [0.4, 0.5) is 5.69 Å². The number of nitrogens with zero attached hydrogens (tertiary/aromatic N) is 1. The third kappa shape index (κ3) is 3.80. The van der Waals surface area contributed by atoms with Crippen LogP contribution in [0.25, 0.3) is 0 Å². The Kier molecular flexibility index (Phi) is 4.17. The van der Waals surface area contributed by atoms with Crippen molar-refractivity contribution >= 4 is 17.0 Å². The van der Waals surface area contributed by atoms with Gasteiger partial charge in [-0.25, -0.2) is 0 Å². The summed E-state index contributed by atoms with van der Waals surface area (Å²) in [5.41, 5.74) is 2.05. The fourth-order valence-corrected chi connectivity index (χ4v) is 2.67. The van der Waals surface area contributed by atoms with Crippen molar-refractivity contribution in [1.29, 1.82) is 0 Å². The Morgan fingerprint density at radius 2 is 2.19 bits per heavy atom. The van der Waals surface area contributed by atoms with E-state index in [0.717, 1.165) is 17.7 Å². The number of ether oxygens (including phenoxy) is 1. The van der Waals surface area contributed by atoms with Crippen LogP contribution in [0.5, 0.6) is 5.75 Å². The van der Waals surface area contributed by atoms with Crippen molar-refractivity contribution in [2.24, 2.45) is 0 Å². The van der Waals surface area contributed by atoms with Crippen LogP contribution in [0.15, 0.2) is 35.0 Å². The molecule has 1 aliphatic carbocycles. The van der Waals surface area contributed by atoms with Gasteiger partial charge < -0.3 is 10.1 Å². The van der Waals surface area contributed by atoms with Gasteiger partial charge in [0, 0.05) is 18.7 Å². The van der Waals surface area contributed by atoms with Crippen molar-refractivity contribution < 1.29 is 9.66 Å². The molecule has 0 amide bonds. The van der Waals surface area contributed by atoms with Crippen LogP contribution in [-0.4, -0.2) is 11.0 Å². The molecule has 0 radical (unpaired) electrons. The minimum absolute atomic E-state index is 0.0143. The van der Waals surface area contributed by atoms with Crippen LogP contribution in [0.1, 0.15) is 24.0 Å². The molecule has 0 bridgehead atoms. The lowest BCUT2D eigenvalue weighted by Gasteiger charge is -2.09. The summed E-state index contributed by atoms with van der Waals surface area (Å²) >= 11 is 1.58. The van der Waals surface area contributed by atoms with Crippen LogP contribution in [0, 0.1) is 10.1 Å². The van der Waals surface area contributed by atoms with Crippen molar-refractivity contribution in [3.63, 3.8) is 0 Å². The molecule has 110 valence electrons. The average molecular weight is 304 g/mol. The minimum atomic E-state index is -0.402. The van der Waals surface area contributed by atoms with E-state index in [1.807, 2.05) is 16.8 Å². The SMILES string of the molecule is O=[N+]([O-])c1ccc(CNC2CC2)cc1OCc1ccsc1. The van der Waals surface area contributed by atoms with Crippen molar-refractivity contribution in [2.45, 2.75) is 32.0 Å². The molecule has 3 rings (SSSR count). The summed E-state index contributed by atoms with van der Waals surface area (Å²) in [5.74, 6) is 0.335. The molecule has 0 aliphatic heterocycles. The van der Waals surface area contributed by atoms with Gasteiger partial charge in [0.05, 0.1) is 4.92 Å². The van der Waals surface area contributed by atoms with Gasteiger partial charge in [-0.2, -0.15) is 11.3 Å². The molecule has 6 heteroatoms. The molecule has 0 unspecified atom stereocenters. The summed E-state index contributed by atoms with van der Waals surface area (Å²) in [6.07, 6.45) is 2.43. The fraction of sp³-hybridized carbons (Fsp3) is 0.333. The summed E-state index contributed by atoms with van der Waals surface area (Å²) in [5, 5.41) is 18.4. The largest absolute Gasteiger partial charge is 0.482 e. The monoisotopic (exact) mass is 304 g/mol. The summed E-state index contributed by atoms with van der Waals surface area (Å²) in [6, 6.07) is 7.63. The van der Waals surface area contributed by atoms with E-state index >= 15 is 0 Å². The van der Waals surface area contributed by atoms with E-state index in [1.54, 1.807) is 23.5 Å². The zero-order valence-electron chi connectivity index (χ0n) is 11.5. The van der Waals surface area contributed by atoms with Crippen molar-refractivity contribution in [1.82, 2.24) is 5.32 Å². The smallest absolute Gasteiger partial charge is 0.310 e. The Bertz CT molecular complexity index is 624. The minimum Gasteiger partial charge on any atom is -0.482 e. The van der Waals surface area contributed by atoms with E-state index in [0.29, 0.717) is 18.4 Å². The summed E-state index contributed by atoms with van der Waals surface area (Å²) in [7, 11) is 0. The number of nitro groups is 1. The highest BCUT2D eigenvalue weighted by Crippen LogP contribution is 2.29. The van der Waals surface area contributed by atoms with Gasteiger partial charge in [0.25, 0.3) is 0 Å². The number of benzene rings is 1. The molecule has 2 aromatic rings. The van der Waals surface area contributed by atoms with E-state index in [9.17, 15) is 10.1 Å². The number of hydrogen-bond donors (Lipinski definition) is 1. The second kappa shape index (κ2) is 6.24. The van der Waals surface area contributed by atoms with Gasteiger partial charge in [0.15, 0.2) is 5.75 Å². The summed E-state index contributed by atoms with van der Waals surface area (Å²) in [4.78, 5) is 10.7. The second-order valence-electron chi connectivity index (χ2n) is 5.13. The third-order valence-corrected chi connectivity index (χ3v) is 4.10. The molecule has 1 saturated carbocycles. The number of hydrogen-bond acceptors (Lipinski definition) is 5. The van der Waals surface area contributed by atoms with Crippen LogP contribution in [0.3, 0.4) is 0 Å². The number of rotatable bonds is 7. The lowest BCUT2D eigenvalue weighted by molar-refractivity contribution is -0.386. The molecule has 0 spiro atoms. The van der Waals surface area contributed by atoms with E-state index in [2.05, 4.69) is 5.32 Å². The molecule has 1 aromatic heterocycles. The normalized spacial score (nSPS) is 14.1. The molecule has 5 nitrogen and oxygen atoms in total. The molecular weight excluding hydrogens is 288 g/mol. The topological polar surface area (TPSA) is 64.4 Å². The molecule has 21 heavy (non-hydrogen) atoms. The fourth-order valence-electron chi connectivity index (χ4n) is 2.02. The first-order chi connectivity index (χ1) is 10.2. The summed E-state index contributed by atoms with van der Waals surface area (Å²) < 4.78 is 5.64. The maximum absolute atomic E-state index is 11.1. The van der Waals surface area contributed by atoms with Crippen molar-refractivity contribution in [3.8, 4) is 5.75 Å². The lowest BCUT2D eigenvalue weighted by atomic mass is 10.2. The van der Waals surface area contributed by atoms with E-state index in [1.165, 1.54) is 18.9 Å². The average Bonchev–Trinajstić information content (AvgIpc) is 3.16. The van der Waals surface area contributed by atoms with E-state index in [-0.39, 0.29) is 5.69 Å². The van der Waals surface area contributed by atoms with Crippen LogP contribution >= 0.6 is 11.3 Å². The number of thiophene rings is 1. The standard InChI is InChI=1S/C15H16N2O3S/c18-17(19)14-4-1-11(8-16-13-2-3-13)7-15(14)20-9-12-5-6-21-10-12/h1,4-7,10,13,16H,2-3,8-9H2. The molecule has 0 saturated heterocycles. The Hall–Kier alpha value is -1.92. The summed E-state index contributed by atoms with van der Waals surface area (Å²) in [6.45, 7) is 1.07. The first kappa shape index (κ1) is 14.0. The second-order valence-corrected chi connectivity index (χ2v) is 5.91. The molecule has 1 heterocycles. The number of nitro benzene ring substituents is 1. The van der Waals surface area contributed by atoms with Crippen LogP contribution in [0.2, 0.25) is 0 Å². The maximum atomic E-state index is 11.1. The van der Waals surface area contributed by atoms with Gasteiger partial charge in [-0.15, -0.1) is 0 Å². The Morgan fingerprint density at radius 3 is 2.86 bits per heavy atom. The van der Waals surface area contributed by atoms with Crippen LogP contribution < -0.4 is 10.1 Å². The van der Waals surface area contributed by atoms with Gasteiger partial charge in [-0.1, -0.05) is 6.07 Å². The first-order valence-electron chi connectivity index (χ1n) is 6.87. The molecule has 1 aromatic carbocycles. The molecule has 0 atom stereocenters. The highest BCUT2D eigenvalue weighted by atomic mass is 32.1. The number of nitrogens with one attached hydrogen (secondary N) is 1. The molecular formula is C15H16N2O3S. The lowest BCUT2D eigenvalue weighted by Crippen LogP contribution is -2.15. The predicted octanol–water partition coefficient (Wildman–Crippen LogP) is 3.49. The van der Waals surface area contributed by atoms with Crippen molar-refractivity contribution in [2.75, 3.05) is 0 Å². The molecule has 1 aliphatic rings. The van der Waals surface area contributed by atoms with E-state index < -0.39 is 4.92 Å². The van der Waals surface area contributed by atoms with Gasteiger partial charge in [0.1, 0.15) is 6.61 Å². The Labute approximate surface area is 126 Å².